The Bertz CT molecular complexity index is 865. The van der Waals surface area contributed by atoms with Crippen LogP contribution >= 0.6 is 15.9 Å². The average molecular weight is 383 g/mol. The van der Waals surface area contributed by atoms with Gasteiger partial charge < -0.3 is 10.6 Å². The summed E-state index contributed by atoms with van der Waals surface area (Å²) in [6.45, 7) is 1.94. The van der Waals surface area contributed by atoms with Gasteiger partial charge in [-0.15, -0.1) is 10.2 Å². The minimum Gasteiger partial charge on any atom is -0.338 e. The largest absolute Gasteiger partial charge is 0.338 e. The third kappa shape index (κ3) is 3.78. The average Bonchev–Trinajstić information content (AvgIpc) is 2.59. The standard InChI is InChI=1S/C18H15BrN4O/c1-12-6-2-4-8-14(12)21-18(24)16-10-11-17(23-22-16)20-15-9-5-3-7-13(15)19/h2-11H,1H3,(H,20,23)(H,21,24). The van der Waals surface area contributed by atoms with Gasteiger partial charge in [0.25, 0.3) is 5.91 Å². The Kier molecular flexibility index (Phi) is 4.86. The molecular formula is C18H15BrN4O. The molecule has 0 saturated heterocycles. The zero-order valence-corrected chi connectivity index (χ0v) is 14.5. The number of aryl methyl sites for hydroxylation is 1. The van der Waals surface area contributed by atoms with E-state index < -0.39 is 0 Å². The molecule has 3 rings (SSSR count). The first kappa shape index (κ1) is 16.1. The summed E-state index contributed by atoms with van der Waals surface area (Å²) in [5.41, 5.74) is 2.89. The van der Waals surface area contributed by atoms with Crippen LogP contribution in [0.4, 0.5) is 17.2 Å². The van der Waals surface area contributed by atoms with Crippen molar-refractivity contribution < 1.29 is 4.79 Å². The van der Waals surface area contributed by atoms with E-state index in [1.54, 1.807) is 12.1 Å². The second-order valence-electron chi connectivity index (χ2n) is 5.18. The number of halogens is 1. The number of para-hydroxylation sites is 2. The highest BCUT2D eigenvalue weighted by atomic mass is 79.9. The highest BCUT2D eigenvalue weighted by Crippen LogP contribution is 2.24. The summed E-state index contributed by atoms with van der Waals surface area (Å²) >= 11 is 3.46. The Hall–Kier alpha value is -2.73. The molecule has 0 saturated carbocycles. The number of rotatable bonds is 4. The Balaban J connectivity index is 1.71. The van der Waals surface area contributed by atoms with Gasteiger partial charge in [-0.3, -0.25) is 4.79 Å². The Morgan fingerprint density at radius 3 is 2.29 bits per heavy atom. The van der Waals surface area contributed by atoms with Gasteiger partial charge in [0.2, 0.25) is 0 Å². The fourth-order valence-corrected chi connectivity index (χ4v) is 2.50. The van der Waals surface area contributed by atoms with Gasteiger partial charge >= 0.3 is 0 Å². The Morgan fingerprint density at radius 1 is 0.917 bits per heavy atom. The second kappa shape index (κ2) is 7.23. The highest BCUT2D eigenvalue weighted by molar-refractivity contribution is 9.10. The molecule has 3 aromatic rings. The quantitative estimate of drug-likeness (QED) is 0.694. The van der Waals surface area contributed by atoms with E-state index in [9.17, 15) is 4.79 Å². The lowest BCUT2D eigenvalue weighted by Gasteiger charge is -2.09. The van der Waals surface area contributed by atoms with Crippen molar-refractivity contribution in [3.8, 4) is 0 Å². The number of anilines is 3. The number of aromatic nitrogens is 2. The summed E-state index contributed by atoms with van der Waals surface area (Å²) in [7, 11) is 0. The van der Waals surface area contributed by atoms with Crippen molar-refractivity contribution in [3.63, 3.8) is 0 Å². The van der Waals surface area contributed by atoms with E-state index >= 15 is 0 Å². The molecule has 0 bridgehead atoms. The molecule has 0 aliphatic rings. The van der Waals surface area contributed by atoms with Crippen molar-refractivity contribution in [3.05, 3.63) is 76.4 Å². The molecule has 1 aromatic heterocycles. The maximum absolute atomic E-state index is 12.2. The zero-order chi connectivity index (χ0) is 16.9. The summed E-state index contributed by atoms with van der Waals surface area (Å²) < 4.78 is 0.924. The fraction of sp³-hybridized carbons (Fsp3) is 0.0556. The Labute approximate surface area is 148 Å². The number of amides is 1. The third-order valence-corrected chi connectivity index (χ3v) is 4.12. The van der Waals surface area contributed by atoms with Gasteiger partial charge in [0.1, 0.15) is 0 Å². The second-order valence-corrected chi connectivity index (χ2v) is 6.03. The summed E-state index contributed by atoms with van der Waals surface area (Å²) in [6.07, 6.45) is 0. The van der Waals surface area contributed by atoms with Crippen molar-refractivity contribution in [2.24, 2.45) is 0 Å². The van der Waals surface area contributed by atoms with Crippen LogP contribution in [0.5, 0.6) is 0 Å². The van der Waals surface area contributed by atoms with Gasteiger partial charge in [0.05, 0.1) is 5.69 Å². The molecule has 120 valence electrons. The number of hydrogen-bond donors (Lipinski definition) is 2. The minimum atomic E-state index is -0.288. The van der Waals surface area contributed by atoms with Crippen molar-refractivity contribution in [1.29, 1.82) is 0 Å². The van der Waals surface area contributed by atoms with Crippen molar-refractivity contribution in [1.82, 2.24) is 10.2 Å². The summed E-state index contributed by atoms with van der Waals surface area (Å²) in [5, 5.41) is 14.0. The first-order chi connectivity index (χ1) is 11.6. The molecule has 0 radical (unpaired) electrons. The topological polar surface area (TPSA) is 66.9 Å². The first-order valence-corrected chi connectivity index (χ1v) is 8.15. The lowest BCUT2D eigenvalue weighted by atomic mass is 10.2. The molecule has 0 spiro atoms. The van der Waals surface area contributed by atoms with Crippen LogP contribution in [0.15, 0.2) is 65.1 Å². The number of hydrogen-bond acceptors (Lipinski definition) is 4. The molecule has 5 nitrogen and oxygen atoms in total. The maximum Gasteiger partial charge on any atom is 0.276 e. The number of nitrogens with one attached hydrogen (secondary N) is 2. The van der Waals surface area contributed by atoms with Crippen LogP contribution in [-0.2, 0) is 0 Å². The summed E-state index contributed by atoms with van der Waals surface area (Å²) in [4.78, 5) is 12.2. The molecule has 1 amide bonds. The van der Waals surface area contributed by atoms with E-state index in [0.717, 1.165) is 21.4 Å². The van der Waals surface area contributed by atoms with Gasteiger partial charge in [0, 0.05) is 10.2 Å². The van der Waals surface area contributed by atoms with Crippen LogP contribution in [0.25, 0.3) is 0 Å². The molecule has 2 N–H and O–H groups in total. The third-order valence-electron chi connectivity index (χ3n) is 3.43. The minimum absolute atomic E-state index is 0.260. The normalized spacial score (nSPS) is 10.2. The van der Waals surface area contributed by atoms with Crippen LogP contribution in [0.2, 0.25) is 0 Å². The van der Waals surface area contributed by atoms with Crippen LogP contribution in [-0.4, -0.2) is 16.1 Å². The fourth-order valence-electron chi connectivity index (χ4n) is 2.12. The van der Waals surface area contributed by atoms with E-state index in [0.29, 0.717) is 5.82 Å². The SMILES string of the molecule is Cc1ccccc1NC(=O)c1ccc(Nc2ccccc2Br)nn1. The predicted molar refractivity (Wildman–Crippen MR) is 98.6 cm³/mol. The van der Waals surface area contributed by atoms with Gasteiger partial charge in [-0.25, -0.2) is 0 Å². The number of carbonyl (C=O) groups is 1. The predicted octanol–water partition coefficient (Wildman–Crippen LogP) is 4.54. The van der Waals surface area contributed by atoms with E-state index in [1.807, 2.05) is 55.5 Å². The zero-order valence-electron chi connectivity index (χ0n) is 13.0. The molecule has 1 heterocycles. The van der Waals surface area contributed by atoms with Crippen molar-refractivity contribution >= 4 is 39.0 Å². The van der Waals surface area contributed by atoms with Crippen LogP contribution in [0.3, 0.4) is 0 Å². The maximum atomic E-state index is 12.2. The molecule has 0 fully saturated rings. The molecular weight excluding hydrogens is 368 g/mol. The van der Waals surface area contributed by atoms with Crippen LogP contribution < -0.4 is 10.6 Å². The van der Waals surface area contributed by atoms with Crippen LogP contribution in [0.1, 0.15) is 16.1 Å². The van der Waals surface area contributed by atoms with Gasteiger partial charge in [-0.2, -0.15) is 0 Å². The number of carbonyl (C=O) groups excluding carboxylic acids is 1. The first-order valence-electron chi connectivity index (χ1n) is 7.36. The van der Waals surface area contributed by atoms with E-state index in [4.69, 9.17) is 0 Å². The molecule has 0 aliphatic carbocycles. The summed E-state index contributed by atoms with van der Waals surface area (Å²) in [5.74, 6) is 0.276. The van der Waals surface area contributed by atoms with Gasteiger partial charge in [-0.1, -0.05) is 30.3 Å². The molecule has 2 aromatic carbocycles. The highest BCUT2D eigenvalue weighted by Gasteiger charge is 2.10. The smallest absolute Gasteiger partial charge is 0.276 e. The van der Waals surface area contributed by atoms with E-state index in [-0.39, 0.29) is 11.6 Å². The number of benzene rings is 2. The lowest BCUT2D eigenvalue weighted by molar-refractivity contribution is 0.102. The monoisotopic (exact) mass is 382 g/mol. The van der Waals surface area contributed by atoms with Crippen molar-refractivity contribution in [2.75, 3.05) is 10.6 Å². The molecule has 0 aliphatic heterocycles. The van der Waals surface area contributed by atoms with E-state index in [2.05, 4.69) is 36.8 Å². The van der Waals surface area contributed by atoms with Gasteiger partial charge in [0.15, 0.2) is 11.5 Å². The van der Waals surface area contributed by atoms with Crippen molar-refractivity contribution in [2.45, 2.75) is 6.92 Å². The van der Waals surface area contributed by atoms with Crippen LogP contribution in [0, 0.1) is 6.92 Å². The van der Waals surface area contributed by atoms with E-state index in [1.165, 1.54) is 0 Å². The number of nitrogens with zero attached hydrogens (tertiary/aromatic N) is 2. The summed E-state index contributed by atoms with van der Waals surface area (Å²) in [6, 6.07) is 18.6. The molecule has 0 unspecified atom stereocenters. The molecule has 0 atom stereocenters. The molecule has 24 heavy (non-hydrogen) atoms. The van der Waals surface area contributed by atoms with Gasteiger partial charge in [-0.05, 0) is 58.7 Å². The Morgan fingerprint density at radius 2 is 1.62 bits per heavy atom. The lowest BCUT2D eigenvalue weighted by Crippen LogP contribution is -2.15. The molecule has 6 heteroatoms.